The molecule has 0 amide bonds. The monoisotopic (exact) mass is 384 g/mol. The standard InChI is InChI=1S/C27H44O/c1-18(2)9-8-10-19(3)21-12-13-22-20-17-25(28)24-11-6-7-15-26(24,4)23(20)14-16-27(21,22)5/h11,18-23H,6-10,12-17H2,1-5H3/t19-,20+,21-,22+,23+,26-,27-/m1/s1. The predicted octanol–water partition coefficient (Wildman–Crippen LogP) is 7.60. The van der Waals surface area contributed by atoms with Crippen molar-refractivity contribution < 1.29 is 4.79 Å². The van der Waals surface area contributed by atoms with Crippen LogP contribution in [0.2, 0.25) is 0 Å². The number of hydrogen-bond donors (Lipinski definition) is 0. The molecule has 0 bridgehead atoms. The number of carbonyl (C=O) groups is 1. The predicted molar refractivity (Wildman–Crippen MR) is 118 cm³/mol. The molecule has 1 heteroatoms. The Morgan fingerprint density at radius 2 is 1.82 bits per heavy atom. The lowest BCUT2D eigenvalue weighted by atomic mass is 9.46. The molecule has 28 heavy (non-hydrogen) atoms. The number of allylic oxidation sites excluding steroid dienone is 2. The van der Waals surface area contributed by atoms with Crippen LogP contribution in [-0.2, 0) is 4.79 Å². The van der Waals surface area contributed by atoms with Gasteiger partial charge in [-0.2, -0.15) is 0 Å². The topological polar surface area (TPSA) is 17.1 Å². The fraction of sp³-hybridized carbons (Fsp3) is 0.889. The zero-order valence-electron chi connectivity index (χ0n) is 19.2. The molecule has 0 unspecified atom stereocenters. The molecule has 0 N–H and O–H groups in total. The molecule has 0 spiro atoms. The maximum Gasteiger partial charge on any atom is 0.159 e. The van der Waals surface area contributed by atoms with Gasteiger partial charge in [0.05, 0.1) is 0 Å². The molecule has 4 aliphatic carbocycles. The molecule has 4 rings (SSSR count). The third kappa shape index (κ3) is 3.24. The van der Waals surface area contributed by atoms with Crippen molar-refractivity contribution >= 4 is 5.78 Å². The van der Waals surface area contributed by atoms with Gasteiger partial charge in [0.15, 0.2) is 5.78 Å². The number of fused-ring (bicyclic) bond motifs is 5. The quantitative estimate of drug-likeness (QED) is 0.477. The molecule has 3 fully saturated rings. The Kier molecular flexibility index (Phi) is 5.60. The van der Waals surface area contributed by atoms with E-state index in [1.807, 2.05) is 0 Å². The lowest BCUT2D eigenvalue weighted by Crippen LogP contribution is -2.52. The summed E-state index contributed by atoms with van der Waals surface area (Å²) >= 11 is 0. The van der Waals surface area contributed by atoms with Crippen molar-refractivity contribution in [1.29, 1.82) is 0 Å². The van der Waals surface area contributed by atoms with Gasteiger partial charge in [0.25, 0.3) is 0 Å². The molecule has 0 aromatic heterocycles. The van der Waals surface area contributed by atoms with Crippen LogP contribution in [0.3, 0.4) is 0 Å². The molecular weight excluding hydrogens is 340 g/mol. The molecule has 0 saturated heterocycles. The van der Waals surface area contributed by atoms with Crippen LogP contribution < -0.4 is 0 Å². The third-order valence-corrected chi connectivity index (χ3v) is 10.0. The highest BCUT2D eigenvalue weighted by molar-refractivity contribution is 5.98. The fourth-order valence-corrected chi connectivity index (χ4v) is 8.61. The molecule has 0 aromatic carbocycles. The van der Waals surface area contributed by atoms with Crippen LogP contribution in [0, 0.1) is 46.3 Å². The lowest BCUT2D eigenvalue weighted by Gasteiger charge is -2.58. The largest absolute Gasteiger partial charge is 0.295 e. The van der Waals surface area contributed by atoms with E-state index in [2.05, 4.69) is 40.7 Å². The maximum atomic E-state index is 13.1. The number of Topliss-reactive ketones (excluding diaryl/α,β-unsaturated/α-hetero) is 1. The van der Waals surface area contributed by atoms with Crippen LogP contribution in [0.5, 0.6) is 0 Å². The van der Waals surface area contributed by atoms with E-state index >= 15 is 0 Å². The second-order valence-electron chi connectivity index (χ2n) is 12.0. The minimum absolute atomic E-state index is 0.195. The van der Waals surface area contributed by atoms with Gasteiger partial charge in [-0.3, -0.25) is 4.79 Å². The third-order valence-electron chi connectivity index (χ3n) is 10.0. The Bertz CT molecular complexity index is 630. The average molecular weight is 385 g/mol. The van der Waals surface area contributed by atoms with Gasteiger partial charge in [-0.1, -0.05) is 60.0 Å². The smallest absolute Gasteiger partial charge is 0.159 e. The summed E-state index contributed by atoms with van der Waals surface area (Å²) in [5.41, 5.74) is 1.92. The van der Waals surface area contributed by atoms with Crippen molar-refractivity contribution in [3.63, 3.8) is 0 Å². The highest BCUT2D eigenvalue weighted by Gasteiger charge is 2.60. The average Bonchev–Trinajstić information content (AvgIpc) is 2.99. The van der Waals surface area contributed by atoms with Crippen LogP contribution in [0.4, 0.5) is 0 Å². The zero-order chi connectivity index (χ0) is 20.1. The van der Waals surface area contributed by atoms with E-state index in [0.29, 0.717) is 17.1 Å². The van der Waals surface area contributed by atoms with Crippen molar-refractivity contribution in [2.24, 2.45) is 46.3 Å². The summed E-state index contributed by atoms with van der Waals surface area (Å²) in [5, 5.41) is 0. The van der Waals surface area contributed by atoms with Crippen molar-refractivity contribution in [3.05, 3.63) is 11.6 Å². The molecular formula is C27H44O. The summed E-state index contributed by atoms with van der Waals surface area (Å²) < 4.78 is 0. The molecule has 4 aliphatic rings. The van der Waals surface area contributed by atoms with Crippen molar-refractivity contribution in [2.45, 2.75) is 105 Å². The first-order valence-corrected chi connectivity index (χ1v) is 12.5. The Morgan fingerprint density at radius 3 is 2.57 bits per heavy atom. The number of hydrogen-bond acceptors (Lipinski definition) is 1. The number of carbonyl (C=O) groups excluding carboxylic acids is 1. The fourth-order valence-electron chi connectivity index (χ4n) is 8.61. The van der Waals surface area contributed by atoms with Gasteiger partial charge in [0.2, 0.25) is 0 Å². The lowest BCUT2D eigenvalue weighted by molar-refractivity contribution is -0.129. The maximum absolute atomic E-state index is 13.1. The van der Waals surface area contributed by atoms with Crippen molar-refractivity contribution in [1.82, 2.24) is 0 Å². The van der Waals surface area contributed by atoms with Crippen LogP contribution in [0.15, 0.2) is 11.6 Å². The summed E-state index contributed by atoms with van der Waals surface area (Å²) in [6, 6.07) is 0. The first-order valence-electron chi connectivity index (χ1n) is 12.5. The van der Waals surface area contributed by atoms with E-state index in [0.717, 1.165) is 42.4 Å². The van der Waals surface area contributed by atoms with Crippen LogP contribution in [-0.4, -0.2) is 5.78 Å². The van der Waals surface area contributed by atoms with E-state index in [1.165, 1.54) is 63.4 Å². The zero-order valence-corrected chi connectivity index (χ0v) is 19.2. The Morgan fingerprint density at radius 1 is 1.04 bits per heavy atom. The van der Waals surface area contributed by atoms with Crippen LogP contribution >= 0.6 is 0 Å². The van der Waals surface area contributed by atoms with Crippen molar-refractivity contribution in [3.8, 4) is 0 Å². The minimum atomic E-state index is 0.195. The summed E-state index contributed by atoms with van der Waals surface area (Å²) in [7, 11) is 0. The van der Waals surface area contributed by atoms with Gasteiger partial charge >= 0.3 is 0 Å². The van der Waals surface area contributed by atoms with Crippen molar-refractivity contribution in [2.75, 3.05) is 0 Å². The van der Waals surface area contributed by atoms with E-state index in [4.69, 9.17) is 0 Å². The molecule has 3 saturated carbocycles. The highest BCUT2D eigenvalue weighted by atomic mass is 16.1. The first kappa shape index (κ1) is 20.7. The molecule has 0 radical (unpaired) electrons. The normalized spacial score (nSPS) is 43.9. The Labute approximate surface area is 174 Å². The van der Waals surface area contributed by atoms with Gasteiger partial charge in [-0.25, -0.2) is 0 Å². The van der Waals surface area contributed by atoms with Crippen LogP contribution in [0.25, 0.3) is 0 Å². The summed E-state index contributed by atoms with van der Waals surface area (Å²) in [5.74, 6) is 5.32. The summed E-state index contributed by atoms with van der Waals surface area (Å²) in [6.07, 6.45) is 16.6. The second-order valence-corrected chi connectivity index (χ2v) is 12.0. The molecule has 158 valence electrons. The summed E-state index contributed by atoms with van der Waals surface area (Å²) in [4.78, 5) is 13.1. The van der Waals surface area contributed by atoms with E-state index in [9.17, 15) is 4.79 Å². The molecule has 0 aromatic rings. The Hall–Kier alpha value is -0.590. The van der Waals surface area contributed by atoms with Gasteiger partial charge in [0.1, 0.15) is 0 Å². The number of rotatable bonds is 5. The minimum Gasteiger partial charge on any atom is -0.295 e. The second kappa shape index (κ2) is 7.59. The van der Waals surface area contributed by atoms with E-state index in [-0.39, 0.29) is 5.41 Å². The van der Waals surface area contributed by atoms with E-state index < -0.39 is 0 Å². The highest BCUT2D eigenvalue weighted by Crippen LogP contribution is 2.67. The van der Waals surface area contributed by atoms with E-state index in [1.54, 1.807) is 0 Å². The van der Waals surface area contributed by atoms with Gasteiger partial charge in [-0.05, 0) is 96.9 Å². The van der Waals surface area contributed by atoms with Gasteiger partial charge in [0, 0.05) is 6.42 Å². The molecule has 7 atom stereocenters. The van der Waals surface area contributed by atoms with Crippen LogP contribution in [0.1, 0.15) is 105 Å². The SMILES string of the molecule is CC(C)CCC[C@@H](C)[C@H]1CC[C@H]2[C@@H]3CC(=O)C4=CCCC[C@]4(C)[C@H]3CC[C@]12C. The number of ketones is 1. The molecule has 0 heterocycles. The molecule has 1 nitrogen and oxygen atoms in total. The van der Waals surface area contributed by atoms with Gasteiger partial charge in [-0.15, -0.1) is 0 Å². The molecule has 0 aliphatic heterocycles. The Balaban J connectivity index is 1.52. The summed E-state index contributed by atoms with van der Waals surface area (Å²) in [6.45, 7) is 12.3. The first-order chi connectivity index (χ1) is 13.3. The van der Waals surface area contributed by atoms with Gasteiger partial charge < -0.3 is 0 Å².